The number of thiazole rings is 1. The third-order valence-electron chi connectivity index (χ3n) is 5.65. The highest BCUT2D eigenvalue weighted by atomic mass is 35.5. The molecular weight excluding hydrogens is 378 g/mol. The number of carbonyl (C=O) groups excluding carboxylic acids is 1. The van der Waals surface area contributed by atoms with Crippen molar-refractivity contribution in [1.29, 1.82) is 0 Å². The molecule has 0 saturated heterocycles. The topological polar surface area (TPSA) is 54.4 Å². The molecule has 2 aromatic rings. The average Bonchev–Trinajstić information content (AvgIpc) is 3.18. The first kappa shape index (κ1) is 18.6. The summed E-state index contributed by atoms with van der Waals surface area (Å²) in [6, 6.07) is 7.18. The summed E-state index contributed by atoms with van der Waals surface area (Å²) in [5.41, 5.74) is 3.01. The lowest BCUT2D eigenvalue weighted by molar-refractivity contribution is 0.242. The Morgan fingerprint density at radius 1 is 1.22 bits per heavy atom. The second-order valence-electron chi connectivity index (χ2n) is 7.33. The zero-order chi connectivity index (χ0) is 18.8. The van der Waals surface area contributed by atoms with Gasteiger partial charge in [0.2, 0.25) is 0 Å². The van der Waals surface area contributed by atoms with Gasteiger partial charge in [-0.15, -0.1) is 11.3 Å². The van der Waals surface area contributed by atoms with Gasteiger partial charge in [-0.25, -0.2) is 14.8 Å². The number of benzene rings is 1. The van der Waals surface area contributed by atoms with Gasteiger partial charge in [0, 0.05) is 22.0 Å². The monoisotopic (exact) mass is 401 g/mol. The Morgan fingerprint density at radius 3 is 2.74 bits per heavy atom. The summed E-state index contributed by atoms with van der Waals surface area (Å²) < 4.78 is 0. The van der Waals surface area contributed by atoms with Crippen molar-refractivity contribution >= 4 is 34.7 Å². The van der Waals surface area contributed by atoms with E-state index in [1.165, 1.54) is 37.8 Å². The van der Waals surface area contributed by atoms with Gasteiger partial charge in [0.25, 0.3) is 0 Å². The van der Waals surface area contributed by atoms with Crippen LogP contribution >= 0.6 is 22.9 Å². The molecule has 2 unspecified atom stereocenters. The normalized spacial score (nSPS) is 23.8. The van der Waals surface area contributed by atoms with Gasteiger partial charge >= 0.3 is 6.03 Å². The number of carbonyl (C=O) groups is 1. The van der Waals surface area contributed by atoms with Crippen molar-refractivity contribution in [2.24, 2.45) is 4.99 Å². The van der Waals surface area contributed by atoms with E-state index in [9.17, 15) is 4.79 Å². The number of aromatic nitrogens is 1. The minimum absolute atomic E-state index is 0.0602. The van der Waals surface area contributed by atoms with Crippen LogP contribution < -0.4 is 5.32 Å². The molecule has 2 atom stereocenters. The number of amides is 2. The molecule has 1 aliphatic heterocycles. The fourth-order valence-corrected chi connectivity index (χ4v) is 5.56. The van der Waals surface area contributed by atoms with Crippen LogP contribution in [0.15, 0.2) is 34.6 Å². The van der Waals surface area contributed by atoms with E-state index in [1.807, 2.05) is 31.2 Å². The second-order valence-corrected chi connectivity index (χ2v) is 8.63. The average molecular weight is 402 g/mol. The molecule has 1 aromatic heterocycles. The Balaban J connectivity index is 1.72. The van der Waals surface area contributed by atoms with Crippen LogP contribution in [0.3, 0.4) is 0 Å². The molecule has 0 bridgehead atoms. The number of urea groups is 1. The minimum Gasteiger partial charge on any atom is -0.328 e. The maximum absolute atomic E-state index is 12.2. The standard InChI is InChI=1S/C21H24ClN3OS/c1-2-16-18(20-23-17(12-27-20)13-8-4-3-5-9-13)19(25-21(26)24-16)14-10-6-7-11-15(14)22/h6-7,10-13,18-19H,2-5,8-9H2,1H3,(H,25,26). The van der Waals surface area contributed by atoms with Crippen molar-refractivity contribution in [3.05, 3.63) is 50.9 Å². The Morgan fingerprint density at radius 2 is 2.00 bits per heavy atom. The number of aliphatic imine (C=N–C) groups is 1. The van der Waals surface area contributed by atoms with Crippen LogP contribution in [0, 0.1) is 0 Å². The van der Waals surface area contributed by atoms with Crippen LogP contribution in [0.5, 0.6) is 0 Å². The fourth-order valence-electron chi connectivity index (χ4n) is 4.24. The maximum atomic E-state index is 12.2. The van der Waals surface area contributed by atoms with Gasteiger partial charge in [0.1, 0.15) is 5.01 Å². The predicted octanol–water partition coefficient (Wildman–Crippen LogP) is 6.24. The van der Waals surface area contributed by atoms with E-state index >= 15 is 0 Å². The molecule has 142 valence electrons. The van der Waals surface area contributed by atoms with E-state index in [2.05, 4.69) is 15.7 Å². The number of nitrogens with one attached hydrogen (secondary N) is 1. The first-order chi connectivity index (χ1) is 13.2. The number of halogens is 1. The summed E-state index contributed by atoms with van der Waals surface area (Å²) in [5, 5.41) is 6.93. The van der Waals surface area contributed by atoms with Crippen LogP contribution in [-0.4, -0.2) is 16.7 Å². The summed E-state index contributed by atoms with van der Waals surface area (Å²) in [6.07, 6.45) is 7.10. The first-order valence-electron chi connectivity index (χ1n) is 9.75. The van der Waals surface area contributed by atoms with Gasteiger partial charge in [-0.05, 0) is 30.9 Å². The molecule has 1 N–H and O–H groups in total. The third kappa shape index (κ3) is 3.81. The molecule has 1 aromatic carbocycles. The maximum Gasteiger partial charge on any atom is 0.341 e. The Kier molecular flexibility index (Phi) is 5.60. The molecule has 1 saturated carbocycles. The highest BCUT2D eigenvalue weighted by Gasteiger charge is 2.37. The van der Waals surface area contributed by atoms with Crippen LogP contribution in [0.1, 0.15) is 79.6 Å². The zero-order valence-corrected chi connectivity index (χ0v) is 17.0. The Labute approximate surface area is 169 Å². The lowest BCUT2D eigenvalue weighted by Gasteiger charge is -2.31. The fraction of sp³-hybridized carbons (Fsp3) is 0.476. The summed E-state index contributed by atoms with van der Waals surface area (Å²) in [6.45, 7) is 2.05. The molecule has 0 spiro atoms. The molecule has 2 amide bonds. The minimum atomic E-state index is -0.294. The second kappa shape index (κ2) is 8.11. The lowest BCUT2D eigenvalue weighted by Crippen LogP contribution is -2.39. The van der Waals surface area contributed by atoms with Crippen LogP contribution in [0.2, 0.25) is 5.02 Å². The van der Waals surface area contributed by atoms with Crippen molar-refractivity contribution in [2.45, 2.75) is 63.3 Å². The highest BCUT2D eigenvalue weighted by Crippen LogP contribution is 2.41. The molecular formula is C21H24ClN3OS. The quantitative estimate of drug-likeness (QED) is 0.658. The summed E-state index contributed by atoms with van der Waals surface area (Å²) in [4.78, 5) is 21.5. The van der Waals surface area contributed by atoms with Gasteiger partial charge < -0.3 is 5.32 Å². The van der Waals surface area contributed by atoms with Crippen LogP contribution in [0.4, 0.5) is 4.79 Å². The molecule has 0 radical (unpaired) electrons. The summed E-state index contributed by atoms with van der Waals surface area (Å²) in [5.74, 6) is 0.512. The van der Waals surface area contributed by atoms with E-state index < -0.39 is 0 Å². The van der Waals surface area contributed by atoms with Gasteiger partial charge in [-0.1, -0.05) is 56.0 Å². The van der Waals surface area contributed by atoms with Gasteiger partial charge in [-0.2, -0.15) is 0 Å². The van der Waals surface area contributed by atoms with E-state index in [0.717, 1.165) is 22.7 Å². The largest absolute Gasteiger partial charge is 0.341 e. The molecule has 1 fully saturated rings. The predicted molar refractivity (Wildman–Crippen MR) is 111 cm³/mol. The van der Waals surface area contributed by atoms with E-state index in [1.54, 1.807) is 11.3 Å². The SMILES string of the molecule is CCC1=NC(=O)NC(c2ccccc2Cl)C1c1nc(C2CCCCC2)cs1. The Bertz CT molecular complexity index is 857. The van der Waals surface area contributed by atoms with E-state index in [-0.39, 0.29) is 18.0 Å². The van der Waals surface area contributed by atoms with Crippen molar-refractivity contribution < 1.29 is 4.79 Å². The zero-order valence-electron chi connectivity index (χ0n) is 15.5. The molecule has 4 rings (SSSR count). The van der Waals surface area contributed by atoms with Crippen molar-refractivity contribution in [1.82, 2.24) is 10.3 Å². The smallest absolute Gasteiger partial charge is 0.328 e. The molecule has 1 aliphatic carbocycles. The van der Waals surface area contributed by atoms with E-state index in [0.29, 0.717) is 10.9 Å². The van der Waals surface area contributed by atoms with Gasteiger partial charge in [-0.3, -0.25) is 0 Å². The summed E-state index contributed by atoms with van der Waals surface area (Å²) >= 11 is 8.16. The van der Waals surface area contributed by atoms with E-state index in [4.69, 9.17) is 16.6 Å². The van der Waals surface area contributed by atoms with Gasteiger partial charge in [0.15, 0.2) is 0 Å². The Hall–Kier alpha value is -1.72. The molecule has 27 heavy (non-hydrogen) atoms. The number of rotatable bonds is 4. The molecule has 2 aliphatic rings. The van der Waals surface area contributed by atoms with Crippen LogP contribution in [-0.2, 0) is 0 Å². The third-order valence-corrected chi connectivity index (χ3v) is 6.94. The highest BCUT2D eigenvalue weighted by molar-refractivity contribution is 7.09. The lowest BCUT2D eigenvalue weighted by atomic mass is 9.86. The first-order valence-corrected chi connectivity index (χ1v) is 11.0. The number of hydrogen-bond acceptors (Lipinski definition) is 3. The number of hydrogen-bond donors (Lipinski definition) is 1. The molecule has 4 nitrogen and oxygen atoms in total. The van der Waals surface area contributed by atoms with Gasteiger partial charge in [0.05, 0.1) is 17.7 Å². The van der Waals surface area contributed by atoms with Crippen molar-refractivity contribution in [2.75, 3.05) is 0 Å². The summed E-state index contributed by atoms with van der Waals surface area (Å²) in [7, 11) is 0. The van der Waals surface area contributed by atoms with Crippen molar-refractivity contribution in [3.8, 4) is 0 Å². The number of nitrogens with zero attached hydrogens (tertiary/aromatic N) is 2. The molecule has 6 heteroatoms. The van der Waals surface area contributed by atoms with Crippen molar-refractivity contribution in [3.63, 3.8) is 0 Å². The van der Waals surface area contributed by atoms with Crippen LogP contribution in [0.25, 0.3) is 0 Å². The molecule has 2 heterocycles.